The first-order chi connectivity index (χ1) is 10.2. The average molecular weight is 303 g/mol. The third-order valence-corrected chi connectivity index (χ3v) is 4.23. The van der Waals surface area contributed by atoms with Crippen LogP contribution in [0.4, 0.5) is 0 Å². The molecule has 1 aliphatic heterocycles. The highest BCUT2D eigenvalue weighted by Crippen LogP contribution is 2.34. The summed E-state index contributed by atoms with van der Waals surface area (Å²) in [6.07, 6.45) is 1.29. The lowest BCUT2D eigenvalue weighted by molar-refractivity contribution is -0.121. The normalized spacial score (nSPS) is 14.0. The molecular formula is C16H17NO3S. The van der Waals surface area contributed by atoms with Crippen molar-refractivity contribution in [2.24, 2.45) is 0 Å². The Balaban J connectivity index is 1.55. The fourth-order valence-electron chi connectivity index (χ4n) is 2.27. The van der Waals surface area contributed by atoms with E-state index in [9.17, 15) is 4.79 Å². The fraction of sp³-hybridized carbons (Fsp3) is 0.312. The van der Waals surface area contributed by atoms with E-state index in [1.165, 1.54) is 5.56 Å². The number of rotatable bonds is 5. The van der Waals surface area contributed by atoms with E-state index in [-0.39, 0.29) is 18.7 Å². The number of hydrogen-bond donors (Lipinski definition) is 1. The van der Waals surface area contributed by atoms with E-state index in [1.54, 1.807) is 11.3 Å². The number of carbonyl (C=O) groups excluding carboxylic acids is 1. The van der Waals surface area contributed by atoms with Gasteiger partial charge in [-0.3, -0.25) is 4.79 Å². The molecule has 1 N–H and O–H groups in total. The number of carbonyl (C=O) groups is 1. The van der Waals surface area contributed by atoms with Crippen LogP contribution in [0, 0.1) is 0 Å². The summed E-state index contributed by atoms with van der Waals surface area (Å²) >= 11 is 1.66. The van der Waals surface area contributed by atoms with Gasteiger partial charge < -0.3 is 14.8 Å². The molecule has 5 heteroatoms. The van der Waals surface area contributed by atoms with Crippen molar-refractivity contribution < 1.29 is 14.3 Å². The van der Waals surface area contributed by atoms with Crippen molar-refractivity contribution in [3.05, 3.63) is 46.2 Å². The van der Waals surface area contributed by atoms with Gasteiger partial charge in [0.05, 0.1) is 6.04 Å². The lowest BCUT2D eigenvalue weighted by Gasteiger charge is -2.14. The predicted octanol–water partition coefficient (Wildman–Crippen LogP) is 3.29. The molecule has 110 valence electrons. The van der Waals surface area contributed by atoms with Crippen LogP contribution in [0.2, 0.25) is 0 Å². The van der Waals surface area contributed by atoms with Gasteiger partial charge in [0, 0.05) is 6.42 Å². The van der Waals surface area contributed by atoms with Crippen LogP contribution in [0.3, 0.4) is 0 Å². The second-order valence-electron chi connectivity index (χ2n) is 5.03. The van der Waals surface area contributed by atoms with E-state index in [4.69, 9.17) is 9.47 Å². The summed E-state index contributed by atoms with van der Waals surface area (Å²) in [5.74, 6) is 1.56. The highest BCUT2D eigenvalue weighted by atomic mass is 32.1. The molecule has 1 unspecified atom stereocenters. The Labute approximate surface area is 127 Å². The van der Waals surface area contributed by atoms with Crippen LogP contribution < -0.4 is 14.8 Å². The number of ether oxygens (including phenoxy) is 2. The number of aryl methyl sites for hydroxylation is 1. The average Bonchev–Trinajstić information content (AvgIpc) is 3.15. The summed E-state index contributed by atoms with van der Waals surface area (Å²) in [5.41, 5.74) is 2.23. The minimum absolute atomic E-state index is 0.0468. The van der Waals surface area contributed by atoms with Crippen LogP contribution in [-0.2, 0) is 11.2 Å². The molecule has 0 spiro atoms. The number of hydrogen-bond acceptors (Lipinski definition) is 4. The number of thiophene rings is 1. The molecular weight excluding hydrogens is 286 g/mol. The molecule has 2 heterocycles. The maximum absolute atomic E-state index is 12.0. The van der Waals surface area contributed by atoms with Crippen LogP contribution in [-0.4, -0.2) is 12.7 Å². The van der Waals surface area contributed by atoms with Crippen molar-refractivity contribution >= 4 is 17.2 Å². The number of amides is 1. The van der Waals surface area contributed by atoms with Crippen molar-refractivity contribution in [1.29, 1.82) is 0 Å². The summed E-state index contributed by atoms with van der Waals surface area (Å²) in [6, 6.07) is 7.77. The largest absolute Gasteiger partial charge is 0.454 e. The van der Waals surface area contributed by atoms with Crippen molar-refractivity contribution in [1.82, 2.24) is 5.32 Å². The molecule has 1 aromatic heterocycles. The minimum Gasteiger partial charge on any atom is -0.454 e. The van der Waals surface area contributed by atoms with Gasteiger partial charge in [0.15, 0.2) is 11.5 Å². The van der Waals surface area contributed by atoms with Gasteiger partial charge in [-0.1, -0.05) is 6.07 Å². The Morgan fingerprint density at radius 1 is 1.33 bits per heavy atom. The zero-order chi connectivity index (χ0) is 14.7. The number of nitrogens with one attached hydrogen (secondary N) is 1. The van der Waals surface area contributed by atoms with Gasteiger partial charge in [-0.15, -0.1) is 0 Å². The molecule has 3 rings (SSSR count). The van der Waals surface area contributed by atoms with Crippen molar-refractivity contribution in [3.8, 4) is 11.5 Å². The molecule has 0 bridgehead atoms. The van der Waals surface area contributed by atoms with Gasteiger partial charge in [-0.05, 0) is 53.4 Å². The van der Waals surface area contributed by atoms with Gasteiger partial charge in [-0.25, -0.2) is 0 Å². The topological polar surface area (TPSA) is 47.6 Å². The second-order valence-corrected chi connectivity index (χ2v) is 5.81. The molecule has 21 heavy (non-hydrogen) atoms. The molecule has 0 saturated carbocycles. The van der Waals surface area contributed by atoms with E-state index in [0.29, 0.717) is 6.42 Å². The summed E-state index contributed by atoms with van der Waals surface area (Å²) < 4.78 is 10.6. The minimum atomic E-state index is -0.0468. The van der Waals surface area contributed by atoms with Crippen LogP contribution in [0.25, 0.3) is 0 Å². The summed E-state index contributed by atoms with van der Waals surface area (Å²) in [7, 11) is 0. The molecule has 1 atom stereocenters. The Morgan fingerprint density at radius 2 is 2.19 bits per heavy atom. The first-order valence-corrected chi connectivity index (χ1v) is 7.86. The lowest BCUT2D eigenvalue weighted by atomic mass is 10.1. The van der Waals surface area contributed by atoms with E-state index in [0.717, 1.165) is 23.5 Å². The summed E-state index contributed by atoms with van der Waals surface area (Å²) in [6.45, 7) is 2.24. The van der Waals surface area contributed by atoms with Crippen LogP contribution in [0.15, 0.2) is 35.0 Å². The molecule has 1 aliphatic rings. The Kier molecular flexibility index (Phi) is 4.10. The number of fused-ring (bicyclic) bond motifs is 1. The van der Waals surface area contributed by atoms with E-state index >= 15 is 0 Å². The van der Waals surface area contributed by atoms with Crippen LogP contribution in [0.5, 0.6) is 11.5 Å². The first-order valence-electron chi connectivity index (χ1n) is 6.92. The monoisotopic (exact) mass is 303 g/mol. The third kappa shape index (κ3) is 3.36. The van der Waals surface area contributed by atoms with Gasteiger partial charge >= 0.3 is 0 Å². The van der Waals surface area contributed by atoms with E-state index in [1.807, 2.05) is 30.5 Å². The van der Waals surface area contributed by atoms with Crippen molar-refractivity contribution in [3.63, 3.8) is 0 Å². The van der Waals surface area contributed by atoms with Crippen LogP contribution >= 0.6 is 11.3 Å². The molecule has 0 saturated heterocycles. The SMILES string of the molecule is CC(NC(=O)CCc1ccsc1)c1ccc2c(c1)OCO2. The summed E-state index contributed by atoms with van der Waals surface area (Å²) in [4.78, 5) is 12.0. The number of benzene rings is 1. The van der Waals surface area contributed by atoms with Gasteiger partial charge in [-0.2, -0.15) is 11.3 Å². The molecule has 4 nitrogen and oxygen atoms in total. The Bertz CT molecular complexity index is 624. The molecule has 0 radical (unpaired) electrons. The zero-order valence-corrected chi connectivity index (χ0v) is 12.6. The Hall–Kier alpha value is -2.01. The maximum Gasteiger partial charge on any atom is 0.231 e. The quantitative estimate of drug-likeness (QED) is 0.922. The fourth-order valence-corrected chi connectivity index (χ4v) is 2.98. The second kappa shape index (κ2) is 6.18. The summed E-state index contributed by atoms with van der Waals surface area (Å²) in [5, 5.41) is 7.13. The molecule has 1 aromatic carbocycles. The van der Waals surface area contributed by atoms with Gasteiger partial charge in [0.25, 0.3) is 0 Å². The smallest absolute Gasteiger partial charge is 0.231 e. The molecule has 0 fully saturated rings. The standard InChI is InChI=1S/C16H17NO3S/c1-11(13-3-4-14-15(8-13)20-10-19-14)17-16(18)5-2-12-6-7-21-9-12/h3-4,6-9,11H,2,5,10H2,1H3,(H,17,18). The predicted molar refractivity (Wildman–Crippen MR) is 81.8 cm³/mol. The van der Waals surface area contributed by atoms with E-state index in [2.05, 4.69) is 16.8 Å². The zero-order valence-electron chi connectivity index (χ0n) is 11.8. The first kappa shape index (κ1) is 13.9. The van der Waals surface area contributed by atoms with Gasteiger partial charge in [0.1, 0.15) is 0 Å². The lowest BCUT2D eigenvalue weighted by Crippen LogP contribution is -2.26. The highest BCUT2D eigenvalue weighted by molar-refractivity contribution is 7.07. The maximum atomic E-state index is 12.0. The van der Waals surface area contributed by atoms with Gasteiger partial charge in [0.2, 0.25) is 12.7 Å². The Morgan fingerprint density at radius 3 is 3.00 bits per heavy atom. The van der Waals surface area contributed by atoms with E-state index < -0.39 is 0 Å². The van der Waals surface area contributed by atoms with Crippen molar-refractivity contribution in [2.45, 2.75) is 25.8 Å². The highest BCUT2D eigenvalue weighted by Gasteiger charge is 2.16. The van der Waals surface area contributed by atoms with Crippen LogP contribution in [0.1, 0.15) is 30.5 Å². The molecule has 0 aliphatic carbocycles. The third-order valence-electron chi connectivity index (χ3n) is 3.49. The molecule has 2 aromatic rings. The van der Waals surface area contributed by atoms with Crippen molar-refractivity contribution in [2.75, 3.05) is 6.79 Å². The molecule has 1 amide bonds.